The third kappa shape index (κ3) is 1.38. The molecule has 1 fully saturated rings. The monoisotopic (exact) mass is 241 g/mol. The third-order valence-electron chi connectivity index (χ3n) is 3.95. The molecule has 1 spiro atoms. The van der Waals surface area contributed by atoms with E-state index in [2.05, 4.69) is 5.32 Å². The van der Waals surface area contributed by atoms with Crippen LogP contribution in [0.2, 0.25) is 0 Å². The van der Waals surface area contributed by atoms with E-state index in [0.29, 0.717) is 12.1 Å². The predicted octanol–water partition coefficient (Wildman–Crippen LogP) is 1.78. The largest absolute Gasteiger partial charge is 0.402 e. The van der Waals surface area contributed by atoms with Crippen LogP contribution in [0.3, 0.4) is 0 Å². The molecule has 0 aromatic heterocycles. The van der Waals surface area contributed by atoms with Gasteiger partial charge in [0, 0.05) is 17.6 Å². The van der Waals surface area contributed by atoms with Crippen LogP contribution in [0.1, 0.15) is 18.4 Å². The Balaban J connectivity index is 1.88. The molecule has 1 aliphatic carbocycles. The summed E-state index contributed by atoms with van der Waals surface area (Å²) >= 11 is 0. The topological polar surface area (TPSA) is 79.0 Å². The zero-order chi connectivity index (χ0) is 12.8. The molecular formula is C14H15N3O. The second kappa shape index (κ2) is 3.70. The molecule has 2 atom stereocenters. The van der Waals surface area contributed by atoms with Crippen LogP contribution in [0, 0.1) is 11.3 Å². The predicted molar refractivity (Wildman–Crippen MR) is 70.5 cm³/mol. The van der Waals surface area contributed by atoms with Gasteiger partial charge >= 0.3 is 0 Å². The minimum atomic E-state index is -0.364. The van der Waals surface area contributed by atoms with Gasteiger partial charge in [-0.05, 0) is 36.5 Å². The van der Waals surface area contributed by atoms with Crippen molar-refractivity contribution in [3.05, 3.63) is 41.6 Å². The molecule has 4 nitrogen and oxygen atoms in total. The first kappa shape index (κ1) is 11.0. The van der Waals surface area contributed by atoms with Crippen LogP contribution in [-0.2, 0) is 10.2 Å². The van der Waals surface area contributed by atoms with E-state index in [9.17, 15) is 4.79 Å². The normalized spacial score (nSPS) is 29.0. The summed E-state index contributed by atoms with van der Waals surface area (Å²) in [6, 6.07) is 7.85. The van der Waals surface area contributed by atoms with Crippen molar-refractivity contribution >= 4 is 17.8 Å². The first-order valence-corrected chi connectivity index (χ1v) is 6.04. The Kier molecular flexibility index (Phi) is 2.26. The third-order valence-corrected chi connectivity index (χ3v) is 3.95. The van der Waals surface area contributed by atoms with Gasteiger partial charge in [0.25, 0.3) is 0 Å². The van der Waals surface area contributed by atoms with E-state index < -0.39 is 0 Å². The lowest BCUT2D eigenvalue weighted by atomic mass is 9.93. The summed E-state index contributed by atoms with van der Waals surface area (Å²) in [4.78, 5) is 12.1. The molecule has 1 aliphatic heterocycles. The number of amides is 1. The van der Waals surface area contributed by atoms with Gasteiger partial charge in [0.05, 0.1) is 5.41 Å². The molecule has 18 heavy (non-hydrogen) atoms. The smallest absolute Gasteiger partial charge is 0.235 e. The number of nitrogens with one attached hydrogen (secondary N) is 2. The van der Waals surface area contributed by atoms with Gasteiger partial charge in [0.1, 0.15) is 0 Å². The van der Waals surface area contributed by atoms with Crippen molar-refractivity contribution in [2.45, 2.75) is 18.3 Å². The Morgan fingerprint density at radius 1 is 1.56 bits per heavy atom. The number of hydrogen-bond donors (Lipinski definition) is 3. The van der Waals surface area contributed by atoms with E-state index >= 15 is 0 Å². The van der Waals surface area contributed by atoms with Gasteiger partial charge in [0.2, 0.25) is 5.91 Å². The van der Waals surface area contributed by atoms with Gasteiger partial charge < -0.3 is 16.5 Å². The summed E-state index contributed by atoms with van der Waals surface area (Å²) in [6.45, 7) is 0. The van der Waals surface area contributed by atoms with Crippen molar-refractivity contribution in [3.63, 3.8) is 0 Å². The SMILES string of the molecule is N=C/C=C(\N)CC1CC12C(=O)Nc1ccccc12. The molecule has 1 aromatic rings. The lowest BCUT2D eigenvalue weighted by Gasteiger charge is -2.08. The molecule has 1 amide bonds. The minimum absolute atomic E-state index is 0.0938. The van der Waals surface area contributed by atoms with Crippen molar-refractivity contribution in [1.29, 1.82) is 5.41 Å². The van der Waals surface area contributed by atoms with Gasteiger partial charge in [-0.15, -0.1) is 0 Å². The van der Waals surface area contributed by atoms with E-state index in [1.54, 1.807) is 6.08 Å². The van der Waals surface area contributed by atoms with Crippen molar-refractivity contribution < 1.29 is 4.79 Å². The van der Waals surface area contributed by atoms with E-state index in [4.69, 9.17) is 11.1 Å². The molecule has 92 valence electrons. The highest BCUT2D eigenvalue weighted by molar-refractivity contribution is 6.08. The van der Waals surface area contributed by atoms with Crippen LogP contribution in [-0.4, -0.2) is 12.1 Å². The molecule has 0 saturated heterocycles. The van der Waals surface area contributed by atoms with Crippen molar-refractivity contribution in [1.82, 2.24) is 0 Å². The van der Waals surface area contributed by atoms with Crippen LogP contribution in [0.4, 0.5) is 5.69 Å². The summed E-state index contributed by atoms with van der Waals surface area (Å²) in [6.07, 6.45) is 4.30. The fourth-order valence-corrected chi connectivity index (χ4v) is 2.98. The zero-order valence-electron chi connectivity index (χ0n) is 9.94. The highest BCUT2D eigenvalue weighted by Gasteiger charge is 2.64. The lowest BCUT2D eigenvalue weighted by Crippen LogP contribution is -2.22. The van der Waals surface area contributed by atoms with Crippen LogP contribution in [0.15, 0.2) is 36.0 Å². The Bertz CT molecular complexity index is 564. The highest BCUT2D eigenvalue weighted by atomic mass is 16.2. The summed E-state index contributed by atoms with van der Waals surface area (Å²) in [7, 11) is 0. The molecule has 0 radical (unpaired) electrons. The Morgan fingerprint density at radius 3 is 3.11 bits per heavy atom. The number of nitrogens with two attached hydrogens (primary N) is 1. The summed E-state index contributed by atoms with van der Waals surface area (Å²) in [5.41, 5.74) is 8.16. The number of fused-ring (bicyclic) bond motifs is 2. The Morgan fingerprint density at radius 2 is 2.33 bits per heavy atom. The standard InChI is InChI=1S/C14H15N3O/c15-6-5-10(16)7-9-8-14(9)11-3-1-2-4-12(11)17-13(14)18/h1-6,9,15H,7-8,16H2,(H,17,18)/b10-5-,15-6?. The lowest BCUT2D eigenvalue weighted by molar-refractivity contribution is -0.118. The fourth-order valence-electron chi connectivity index (χ4n) is 2.98. The van der Waals surface area contributed by atoms with Crippen molar-refractivity contribution in [2.24, 2.45) is 11.7 Å². The molecule has 3 rings (SSSR count). The number of rotatable bonds is 3. The van der Waals surface area contributed by atoms with Crippen LogP contribution >= 0.6 is 0 Å². The first-order chi connectivity index (χ1) is 8.68. The van der Waals surface area contributed by atoms with E-state index in [1.165, 1.54) is 6.21 Å². The van der Waals surface area contributed by atoms with Crippen molar-refractivity contribution in [3.8, 4) is 0 Å². The summed E-state index contributed by atoms with van der Waals surface area (Å²) in [5, 5.41) is 9.94. The maximum atomic E-state index is 12.1. The van der Waals surface area contributed by atoms with Crippen molar-refractivity contribution in [2.75, 3.05) is 5.32 Å². The number of benzene rings is 1. The maximum Gasteiger partial charge on any atom is 0.235 e. The molecule has 2 unspecified atom stereocenters. The van der Waals surface area contributed by atoms with Gasteiger partial charge in [-0.2, -0.15) is 0 Å². The van der Waals surface area contributed by atoms with Crippen LogP contribution in [0.25, 0.3) is 0 Å². The molecule has 4 heteroatoms. The number of carbonyl (C=O) groups excluding carboxylic acids is 1. The van der Waals surface area contributed by atoms with E-state index in [0.717, 1.165) is 17.7 Å². The number of carbonyl (C=O) groups is 1. The summed E-state index contributed by atoms with van der Waals surface area (Å²) in [5.74, 6) is 0.355. The molecular weight excluding hydrogens is 226 g/mol. The van der Waals surface area contributed by atoms with Crippen LogP contribution in [0.5, 0.6) is 0 Å². The molecule has 2 aliphatic rings. The fraction of sp³-hybridized carbons (Fsp3) is 0.286. The highest BCUT2D eigenvalue weighted by Crippen LogP contribution is 2.61. The number of hydrogen-bond acceptors (Lipinski definition) is 3. The zero-order valence-corrected chi connectivity index (χ0v) is 9.94. The molecule has 1 aromatic carbocycles. The second-order valence-corrected chi connectivity index (χ2v) is 4.98. The Labute approximate surface area is 105 Å². The number of para-hydroxylation sites is 1. The van der Waals surface area contributed by atoms with E-state index in [-0.39, 0.29) is 17.2 Å². The van der Waals surface area contributed by atoms with Crippen LogP contribution < -0.4 is 11.1 Å². The molecule has 1 saturated carbocycles. The average molecular weight is 241 g/mol. The number of anilines is 1. The minimum Gasteiger partial charge on any atom is -0.402 e. The quantitative estimate of drug-likeness (QED) is 0.705. The van der Waals surface area contributed by atoms with Gasteiger partial charge in [-0.25, -0.2) is 0 Å². The summed E-state index contributed by atoms with van der Waals surface area (Å²) < 4.78 is 0. The van der Waals surface area contributed by atoms with Gasteiger partial charge in [0.15, 0.2) is 0 Å². The molecule has 1 heterocycles. The molecule has 4 N–H and O–H groups in total. The average Bonchev–Trinajstić information content (AvgIpc) is 2.97. The molecule has 0 bridgehead atoms. The maximum absolute atomic E-state index is 12.1. The number of allylic oxidation sites excluding steroid dienone is 2. The first-order valence-electron chi connectivity index (χ1n) is 6.04. The second-order valence-electron chi connectivity index (χ2n) is 4.98. The van der Waals surface area contributed by atoms with Gasteiger partial charge in [-0.3, -0.25) is 4.79 Å². The van der Waals surface area contributed by atoms with E-state index in [1.807, 2.05) is 24.3 Å². The Hall–Kier alpha value is -2.10. The van der Waals surface area contributed by atoms with Gasteiger partial charge in [-0.1, -0.05) is 18.2 Å².